The largest absolute Gasteiger partial charge is 0.311 e. The fraction of sp³-hybridized carbons (Fsp3) is 0.438. The van der Waals surface area contributed by atoms with Crippen LogP contribution < -0.4 is 5.32 Å². The second-order valence-corrected chi connectivity index (χ2v) is 4.84. The SMILES string of the molecule is CCCNCc1ccn(-c2ccc(CCC)cc2)n1. The van der Waals surface area contributed by atoms with Crippen LogP contribution in [0.25, 0.3) is 5.69 Å². The monoisotopic (exact) mass is 257 g/mol. The van der Waals surface area contributed by atoms with Crippen LogP contribution in [0, 0.1) is 0 Å². The van der Waals surface area contributed by atoms with Gasteiger partial charge < -0.3 is 5.32 Å². The maximum absolute atomic E-state index is 4.58. The van der Waals surface area contributed by atoms with Gasteiger partial charge in [-0.2, -0.15) is 5.10 Å². The predicted molar refractivity (Wildman–Crippen MR) is 79.6 cm³/mol. The van der Waals surface area contributed by atoms with Crippen molar-refractivity contribution in [3.8, 4) is 5.69 Å². The smallest absolute Gasteiger partial charge is 0.0766 e. The first-order valence-electron chi connectivity index (χ1n) is 7.18. The number of aryl methyl sites for hydroxylation is 1. The maximum atomic E-state index is 4.58. The third kappa shape index (κ3) is 3.93. The zero-order valence-corrected chi connectivity index (χ0v) is 11.9. The molecule has 0 fully saturated rings. The fourth-order valence-corrected chi connectivity index (χ4v) is 2.10. The highest BCUT2D eigenvalue weighted by atomic mass is 15.3. The number of aromatic nitrogens is 2. The highest BCUT2D eigenvalue weighted by Crippen LogP contribution is 2.11. The Hall–Kier alpha value is -1.61. The Bertz CT molecular complexity index is 485. The van der Waals surface area contributed by atoms with E-state index in [1.165, 1.54) is 12.0 Å². The van der Waals surface area contributed by atoms with Crippen molar-refractivity contribution in [1.82, 2.24) is 15.1 Å². The van der Waals surface area contributed by atoms with Crippen LogP contribution in [0.1, 0.15) is 37.9 Å². The van der Waals surface area contributed by atoms with Crippen LogP contribution >= 0.6 is 0 Å². The lowest BCUT2D eigenvalue weighted by Gasteiger charge is -2.04. The summed E-state index contributed by atoms with van der Waals surface area (Å²) in [7, 11) is 0. The van der Waals surface area contributed by atoms with E-state index in [2.05, 4.69) is 54.6 Å². The van der Waals surface area contributed by atoms with Gasteiger partial charge in [0, 0.05) is 12.7 Å². The molecule has 0 aliphatic rings. The second kappa shape index (κ2) is 7.10. The van der Waals surface area contributed by atoms with Gasteiger partial charge in [-0.05, 0) is 43.1 Å². The summed E-state index contributed by atoms with van der Waals surface area (Å²) in [6, 6.07) is 10.7. The van der Waals surface area contributed by atoms with Crippen LogP contribution in [-0.4, -0.2) is 16.3 Å². The predicted octanol–water partition coefficient (Wildman–Crippen LogP) is 3.32. The van der Waals surface area contributed by atoms with Crippen molar-refractivity contribution in [2.75, 3.05) is 6.54 Å². The molecular weight excluding hydrogens is 234 g/mol. The van der Waals surface area contributed by atoms with Crippen molar-refractivity contribution >= 4 is 0 Å². The van der Waals surface area contributed by atoms with E-state index in [0.717, 1.165) is 37.3 Å². The quantitative estimate of drug-likeness (QED) is 0.771. The summed E-state index contributed by atoms with van der Waals surface area (Å²) in [4.78, 5) is 0. The molecule has 0 aliphatic carbocycles. The van der Waals surface area contributed by atoms with E-state index in [0.29, 0.717) is 0 Å². The molecule has 0 spiro atoms. The molecule has 3 nitrogen and oxygen atoms in total. The average Bonchev–Trinajstić information content (AvgIpc) is 2.89. The molecule has 0 amide bonds. The zero-order chi connectivity index (χ0) is 13.5. The highest BCUT2D eigenvalue weighted by Gasteiger charge is 2.01. The van der Waals surface area contributed by atoms with Gasteiger partial charge in [-0.3, -0.25) is 0 Å². The van der Waals surface area contributed by atoms with E-state index in [9.17, 15) is 0 Å². The molecule has 0 saturated heterocycles. The first-order chi connectivity index (χ1) is 9.33. The Morgan fingerprint density at radius 2 is 1.84 bits per heavy atom. The molecule has 1 N–H and O–H groups in total. The normalized spacial score (nSPS) is 10.8. The van der Waals surface area contributed by atoms with E-state index >= 15 is 0 Å². The van der Waals surface area contributed by atoms with Gasteiger partial charge in [0.05, 0.1) is 11.4 Å². The van der Waals surface area contributed by atoms with Crippen molar-refractivity contribution in [3.05, 3.63) is 47.8 Å². The Morgan fingerprint density at radius 1 is 1.05 bits per heavy atom. The van der Waals surface area contributed by atoms with Crippen LogP contribution in [0.15, 0.2) is 36.5 Å². The Labute approximate surface area is 115 Å². The van der Waals surface area contributed by atoms with Crippen molar-refractivity contribution < 1.29 is 0 Å². The lowest BCUT2D eigenvalue weighted by molar-refractivity contribution is 0.656. The minimum Gasteiger partial charge on any atom is -0.311 e. The molecule has 0 radical (unpaired) electrons. The summed E-state index contributed by atoms with van der Waals surface area (Å²) >= 11 is 0. The van der Waals surface area contributed by atoms with Crippen molar-refractivity contribution in [3.63, 3.8) is 0 Å². The van der Waals surface area contributed by atoms with Gasteiger partial charge in [0.2, 0.25) is 0 Å². The minimum absolute atomic E-state index is 0.842. The van der Waals surface area contributed by atoms with Gasteiger partial charge in [-0.25, -0.2) is 4.68 Å². The Morgan fingerprint density at radius 3 is 2.53 bits per heavy atom. The minimum atomic E-state index is 0.842. The molecular formula is C16H23N3. The summed E-state index contributed by atoms with van der Waals surface area (Å²) in [5.41, 5.74) is 3.61. The van der Waals surface area contributed by atoms with Crippen molar-refractivity contribution in [2.45, 2.75) is 39.7 Å². The van der Waals surface area contributed by atoms with Gasteiger partial charge in [-0.15, -0.1) is 0 Å². The van der Waals surface area contributed by atoms with E-state index < -0.39 is 0 Å². The molecule has 0 bridgehead atoms. The van der Waals surface area contributed by atoms with E-state index in [1.54, 1.807) is 0 Å². The molecule has 2 rings (SSSR count). The lowest BCUT2D eigenvalue weighted by Crippen LogP contribution is -2.14. The number of hydrogen-bond acceptors (Lipinski definition) is 2. The molecule has 1 aromatic heterocycles. The average molecular weight is 257 g/mol. The topological polar surface area (TPSA) is 29.9 Å². The van der Waals surface area contributed by atoms with Crippen molar-refractivity contribution in [2.24, 2.45) is 0 Å². The zero-order valence-electron chi connectivity index (χ0n) is 11.9. The van der Waals surface area contributed by atoms with Crippen LogP contribution in [0.2, 0.25) is 0 Å². The maximum Gasteiger partial charge on any atom is 0.0766 e. The Balaban J connectivity index is 2.01. The molecule has 2 aromatic rings. The molecule has 0 saturated carbocycles. The summed E-state index contributed by atoms with van der Waals surface area (Å²) in [5, 5.41) is 7.95. The van der Waals surface area contributed by atoms with Crippen LogP contribution in [0.5, 0.6) is 0 Å². The second-order valence-electron chi connectivity index (χ2n) is 4.84. The molecule has 102 valence electrons. The fourth-order valence-electron chi connectivity index (χ4n) is 2.10. The van der Waals surface area contributed by atoms with Gasteiger partial charge in [0.25, 0.3) is 0 Å². The van der Waals surface area contributed by atoms with Gasteiger partial charge >= 0.3 is 0 Å². The number of nitrogens with zero attached hydrogens (tertiary/aromatic N) is 2. The van der Waals surface area contributed by atoms with E-state index in [-0.39, 0.29) is 0 Å². The van der Waals surface area contributed by atoms with Crippen LogP contribution in [0.4, 0.5) is 0 Å². The van der Waals surface area contributed by atoms with Gasteiger partial charge in [0.1, 0.15) is 0 Å². The Kier molecular flexibility index (Phi) is 5.16. The first kappa shape index (κ1) is 13.8. The standard InChI is InChI=1S/C16H23N3/c1-3-5-14-6-8-16(9-7-14)19-12-10-15(18-19)13-17-11-4-2/h6-10,12,17H,3-5,11,13H2,1-2H3. The van der Waals surface area contributed by atoms with Crippen LogP contribution in [0.3, 0.4) is 0 Å². The number of rotatable bonds is 7. The summed E-state index contributed by atoms with van der Waals surface area (Å²) in [5.74, 6) is 0. The number of nitrogens with one attached hydrogen (secondary N) is 1. The molecule has 1 aromatic carbocycles. The third-order valence-electron chi connectivity index (χ3n) is 3.12. The summed E-state index contributed by atoms with van der Waals surface area (Å²) in [6.07, 6.45) is 5.51. The van der Waals surface area contributed by atoms with E-state index in [4.69, 9.17) is 0 Å². The highest BCUT2D eigenvalue weighted by molar-refractivity contribution is 5.34. The molecule has 3 heteroatoms. The summed E-state index contributed by atoms with van der Waals surface area (Å²) < 4.78 is 1.94. The lowest BCUT2D eigenvalue weighted by atomic mass is 10.1. The third-order valence-corrected chi connectivity index (χ3v) is 3.12. The molecule has 0 atom stereocenters. The summed E-state index contributed by atoms with van der Waals surface area (Å²) in [6.45, 7) is 6.26. The van der Waals surface area contributed by atoms with Crippen molar-refractivity contribution in [1.29, 1.82) is 0 Å². The van der Waals surface area contributed by atoms with Gasteiger partial charge in [-0.1, -0.05) is 32.4 Å². The van der Waals surface area contributed by atoms with Gasteiger partial charge in [0.15, 0.2) is 0 Å². The molecule has 19 heavy (non-hydrogen) atoms. The first-order valence-corrected chi connectivity index (χ1v) is 7.18. The molecule has 0 unspecified atom stereocenters. The van der Waals surface area contributed by atoms with E-state index in [1.807, 2.05) is 10.9 Å². The molecule has 0 aliphatic heterocycles. The number of benzene rings is 1. The number of hydrogen-bond donors (Lipinski definition) is 1. The van der Waals surface area contributed by atoms with Crippen LogP contribution in [-0.2, 0) is 13.0 Å². The molecule has 1 heterocycles.